The lowest BCUT2D eigenvalue weighted by molar-refractivity contribution is -0.114. The molecule has 0 saturated heterocycles. The summed E-state index contributed by atoms with van der Waals surface area (Å²) in [6.07, 6.45) is 2.70. The Kier molecular flexibility index (Phi) is 6.75. The van der Waals surface area contributed by atoms with Crippen molar-refractivity contribution in [2.45, 2.75) is 38.6 Å². The van der Waals surface area contributed by atoms with Crippen molar-refractivity contribution in [2.75, 3.05) is 18.4 Å². The van der Waals surface area contributed by atoms with Crippen LogP contribution < -0.4 is 5.32 Å². The van der Waals surface area contributed by atoms with E-state index in [-0.39, 0.29) is 10.8 Å². The van der Waals surface area contributed by atoms with Gasteiger partial charge in [0.15, 0.2) is 0 Å². The second-order valence-corrected chi connectivity index (χ2v) is 11.5. The Morgan fingerprint density at radius 3 is 2.32 bits per heavy atom. The number of para-hydroxylation sites is 1. The van der Waals surface area contributed by atoms with Crippen molar-refractivity contribution in [2.24, 2.45) is 0 Å². The van der Waals surface area contributed by atoms with E-state index in [0.717, 1.165) is 6.54 Å². The van der Waals surface area contributed by atoms with Crippen LogP contribution in [0, 0.1) is 13.8 Å². The molecule has 1 N–H and O–H groups in total. The lowest BCUT2D eigenvalue weighted by Gasteiger charge is -2.26. The molecule has 0 saturated carbocycles. The molecule has 0 aliphatic carbocycles. The molecule has 6 nitrogen and oxygen atoms in total. The van der Waals surface area contributed by atoms with Crippen LogP contribution in [0.1, 0.15) is 35.7 Å². The molecular weight excluding hydrogens is 482 g/mol. The predicted octanol–water partition coefficient (Wildman–Crippen LogP) is 5.74. The van der Waals surface area contributed by atoms with Crippen LogP contribution in [0.25, 0.3) is 16.5 Å². The third-order valence-corrected chi connectivity index (χ3v) is 9.01. The summed E-state index contributed by atoms with van der Waals surface area (Å²) in [6, 6.07) is 23.2. The summed E-state index contributed by atoms with van der Waals surface area (Å²) in [6.45, 7) is 7.25. The molecular formula is C30H31N3O3S. The number of hydrogen-bond acceptors (Lipinski definition) is 3. The SMILES string of the molecule is CC(=O)Nc1ccc(S(=O)(=O)N2CC=C(c3c(C)n(Cc4ccccc4C)c4ccccc34)CC2)cc1. The van der Waals surface area contributed by atoms with Gasteiger partial charge in [0.25, 0.3) is 0 Å². The number of carbonyl (C=O) groups excluding carboxylic acids is 1. The number of nitrogens with zero attached hydrogens (tertiary/aromatic N) is 2. The number of amides is 1. The van der Waals surface area contributed by atoms with Gasteiger partial charge < -0.3 is 9.88 Å². The molecule has 0 fully saturated rings. The van der Waals surface area contributed by atoms with Gasteiger partial charge in [-0.15, -0.1) is 0 Å². The van der Waals surface area contributed by atoms with E-state index < -0.39 is 10.0 Å². The largest absolute Gasteiger partial charge is 0.340 e. The van der Waals surface area contributed by atoms with Crippen LogP contribution in [0.15, 0.2) is 83.8 Å². The van der Waals surface area contributed by atoms with Gasteiger partial charge in [-0.25, -0.2) is 8.42 Å². The standard InChI is InChI=1S/C30H31N3O3S/c1-21-8-4-5-9-25(21)20-33-22(2)30(28-10-6-7-11-29(28)33)24-16-18-32(19-17-24)37(35,36)27-14-12-26(13-15-27)31-23(3)34/h4-16H,17-20H2,1-3H3,(H,31,34). The van der Waals surface area contributed by atoms with E-state index in [1.165, 1.54) is 50.1 Å². The zero-order valence-electron chi connectivity index (χ0n) is 21.4. The van der Waals surface area contributed by atoms with Gasteiger partial charge in [0.1, 0.15) is 0 Å². The molecule has 1 aliphatic rings. The second-order valence-electron chi connectivity index (χ2n) is 9.54. The minimum Gasteiger partial charge on any atom is -0.340 e. The minimum absolute atomic E-state index is 0.195. The van der Waals surface area contributed by atoms with E-state index >= 15 is 0 Å². The third kappa shape index (κ3) is 4.84. The molecule has 1 aromatic heterocycles. The van der Waals surface area contributed by atoms with Gasteiger partial charge in [-0.05, 0) is 67.3 Å². The van der Waals surface area contributed by atoms with E-state index in [0.29, 0.717) is 25.2 Å². The number of carbonyl (C=O) groups is 1. The number of anilines is 1. The number of hydrogen-bond donors (Lipinski definition) is 1. The lowest BCUT2D eigenvalue weighted by atomic mass is 9.97. The van der Waals surface area contributed by atoms with Gasteiger partial charge in [-0.2, -0.15) is 4.31 Å². The predicted molar refractivity (Wildman–Crippen MR) is 149 cm³/mol. The molecule has 3 aromatic carbocycles. The van der Waals surface area contributed by atoms with Crippen molar-refractivity contribution in [3.8, 4) is 0 Å². The van der Waals surface area contributed by atoms with Crippen molar-refractivity contribution in [1.29, 1.82) is 0 Å². The second kappa shape index (κ2) is 10.00. The molecule has 0 unspecified atom stereocenters. The van der Waals surface area contributed by atoms with Crippen LogP contribution in [0.3, 0.4) is 0 Å². The van der Waals surface area contributed by atoms with Crippen LogP contribution in [-0.2, 0) is 21.4 Å². The molecule has 190 valence electrons. The Balaban J connectivity index is 1.44. The first-order valence-corrected chi connectivity index (χ1v) is 13.9. The fraction of sp³-hybridized carbons (Fsp3) is 0.233. The maximum atomic E-state index is 13.3. The van der Waals surface area contributed by atoms with Gasteiger partial charge in [-0.3, -0.25) is 4.79 Å². The molecule has 1 amide bonds. The molecule has 0 atom stereocenters. The van der Waals surface area contributed by atoms with E-state index in [1.807, 2.05) is 0 Å². The Labute approximate surface area is 218 Å². The van der Waals surface area contributed by atoms with Gasteiger partial charge in [0.2, 0.25) is 15.9 Å². The lowest BCUT2D eigenvalue weighted by Crippen LogP contribution is -2.34. The highest BCUT2D eigenvalue weighted by atomic mass is 32.2. The fourth-order valence-electron chi connectivity index (χ4n) is 5.16. The van der Waals surface area contributed by atoms with Crippen LogP contribution in [0.5, 0.6) is 0 Å². The highest BCUT2D eigenvalue weighted by Gasteiger charge is 2.28. The molecule has 2 heterocycles. The third-order valence-electron chi connectivity index (χ3n) is 7.13. The zero-order valence-corrected chi connectivity index (χ0v) is 22.2. The molecule has 7 heteroatoms. The van der Waals surface area contributed by atoms with Crippen LogP contribution >= 0.6 is 0 Å². The first kappa shape index (κ1) is 25.0. The average molecular weight is 514 g/mol. The van der Waals surface area contributed by atoms with Gasteiger partial charge in [0, 0.05) is 54.4 Å². The van der Waals surface area contributed by atoms with E-state index in [1.54, 1.807) is 24.3 Å². The molecule has 5 rings (SSSR count). The molecule has 1 aliphatic heterocycles. The number of fused-ring (bicyclic) bond motifs is 1. The quantitative estimate of drug-likeness (QED) is 0.357. The minimum atomic E-state index is -3.63. The maximum Gasteiger partial charge on any atom is 0.243 e. The van der Waals surface area contributed by atoms with Gasteiger partial charge in [0.05, 0.1) is 4.90 Å². The summed E-state index contributed by atoms with van der Waals surface area (Å²) in [4.78, 5) is 11.5. The Morgan fingerprint density at radius 1 is 0.946 bits per heavy atom. The zero-order chi connectivity index (χ0) is 26.2. The van der Waals surface area contributed by atoms with E-state index in [4.69, 9.17) is 0 Å². The number of benzene rings is 3. The average Bonchev–Trinajstić information content (AvgIpc) is 3.16. The van der Waals surface area contributed by atoms with E-state index in [9.17, 15) is 13.2 Å². The summed E-state index contributed by atoms with van der Waals surface area (Å²) in [5.41, 5.74) is 7.91. The molecule has 0 bridgehead atoms. The number of aryl methyl sites for hydroxylation is 1. The number of aromatic nitrogens is 1. The Morgan fingerprint density at radius 2 is 1.65 bits per heavy atom. The molecule has 0 radical (unpaired) electrons. The number of rotatable bonds is 6. The Hall–Kier alpha value is -3.68. The molecule has 0 spiro atoms. The van der Waals surface area contributed by atoms with Crippen molar-refractivity contribution < 1.29 is 13.2 Å². The van der Waals surface area contributed by atoms with Crippen molar-refractivity contribution in [3.05, 3.63) is 101 Å². The van der Waals surface area contributed by atoms with Crippen molar-refractivity contribution in [3.63, 3.8) is 0 Å². The number of sulfonamides is 1. The summed E-state index contributed by atoms with van der Waals surface area (Å²) >= 11 is 0. The molecule has 4 aromatic rings. The summed E-state index contributed by atoms with van der Waals surface area (Å²) in [7, 11) is -3.63. The first-order valence-electron chi connectivity index (χ1n) is 12.5. The monoisotopic (exact) mass is 513 g/mol. The van der Waals surface area contributed by atoms with Crippen molar-refractivity contribution in [1.82, 2.24) is 8.87 Å². The normalized spacial score (nSPS) is 14.5. The topological polar surface area (TPSA) is 71.4 Å². The summed E-state index contributed by atoms with van der Waals surface area (Å²) in [5.74, 6) is -0.195. The van der Waals surface area contributed by atoms with Gasteiger partial charge in [-0.1, -0.05) is 48.5 Å². The summed E-state index contributed by atoms with van der Waals surface area (Å²) < 4.78 is 30.5. The maximum absolute atomic E-state index is 13.3. The first-order chi connectivity index (χ1) is 17.8. The highest BCUT2D eigenvalue weighted by Crippen LogP contribution is 2.36. The van der Waals surface area contributed by atoms with Crippen molar-refractivity contribution >= 4 is 38.1 Å². The van der Waals surface area contributed by atoms with Crippen LogP contribution in [0.4, 0.5) is 5.69 Å². The number of nitrogens with one attached hydrogen (secondary N) is 1. The smallest absolute Gasteiger partial charge is 0.243 e. The summed E-state index contributed by atoms with van der Waals surface area (Å²) in [5, 5.41) is 3.87. The molecule has 37 heavy (non-hydrogen) atoms. The fourth-order valence-corrected chi connectivity index (χ4v) is 6.54. The van der Waals surface area contributed by atoms with Gasteiger partial charge >= 0.3 is 0 Å². The van der Waals surface area contributed by atoms with E-state index in [2.05, 4.69) is 78.3 Å². The van der Waals surface area contributed by atoms with Crippen LogP contribution in [-0.4, -0.2) is 36.3 Å². The highest BCUT2D eigenvalue weighted by molar-refractivity contribution is 7.89. The Bertz CT molecular complexity index is 1620. The van der Waals surface area contributed by atoms with Crippen LogP contribution in [0.2, 0.25) is 0 Å².